The molecule has 0 aliphatic carbocycles. The number of thiazole rings is 1. The van der Waals surface area contributed by atoms with Crippen LogP contribution >= 0.6 is 11.3 Å². The number of hydrogen-bond donors (Lipinski definition) is 2. The Hall–Kier alpha value is -5.45. The molecule has 1 aromatic heterocycles. The monoisotopic (exact) mass is 720 g/mol. The van der Waals surface area contributed by atoms with Crippen molar-refractivity contribution in [3.05, 3.63) is 77.6 Å². The number of ether oxygens (including phenoxy) is 5. The number of aromatic nitrogens is 1. The molecule has 6 rings (SSSR count). The zero-order valence-corrected chi connectivity index (χ0v) is 28.0. The van der Waals surface area contributed by atoms with E-state index in [1.165, 1.54) is 35.6 Å². The minimum atomic E-state index is -1.03. The number of nitrogens with zero attached hydrogens (tertiary/aromatic N) is 2. The molecule has 4 aromatic rings. The van der Waals surface area contributed by atoms with Gasteiger partial charge < -0.3 is 29.0 Å². The smallest absolute Gasteiger partial charge is 0.279 e. The van der Waals surface area contributed by atoms with Gasteiger partial charge in [0.05, 0.1) is 41.2 Å². The maximum atomic E-state index is 13.4. The average Bonchev–Trinajstić information content (AvgIpc) is 3.62. The first-order valence-electron chi connectivity index (χ1n) is 16.1. The van der Waals surface area contributed by atoms with E-state index in [2.05, 4.69) is 15.6 Å². The first-order chi connectivity index (χ1) is 24.7. The molecule has 2 aliphatic heterocycles. The van der Waals surface area contributed by atoms with Gasteiger partial charge in [0.2, 0.25) is 11.8 Å². The molecule has 3 heterocycles. The Kier molecular flexibility index (Phi) is 11.4. The first-order valence-corrected chi connectivity index (χ1v) is 16.9. The van der Waals surface area contributed by atoms with Crippen molar-refractivity contribution in [1.29, 1.82) is 0 Å². The molecule has 51 heavy (non-hydrogen) atoms. The zero-order chi connectivity index (χ0) is 35.7. The number of imide groups is 2. The third-order valence-corrected chi connectivity index (χ3v) is 8.69. The molecular formula is C35H33FN4O10S. The predicted octanol–water partition coefficient (Wildman–Crippen LogP) is 3.63. The van der Waals surface area contributed by atoms with E-state index < -0.39 is 29.7 Å². The quantitative estimate of drug-likeness (QED) is 0.121. The molecule has 2 aliphatic rings. The van der Waals surface area contributed by atoms with Gasteiger partial charge in [0, 0.05) is 19.6 Å². The number of amides is 5. The molecule has 1 unspecified atom stereocenters. The molecule has 0 radical (unpaired) electrons. The third-order valence-electron chi connectivity index (χ3n) is 7.80. The highest BCUT2D eigenvalue weighted by Gasteiger charge is 2.44. The lowest BCUT2D eigenvalue weighted by Crippen LogP contribution is -2.54. The van der Waals surface area contributed by atoms with E-state index in [1.54, 1.807) is 36.4 Å². The minimum Gasteiger partial charge on any atom is -0.491 e. The largest absolute Gasteiger partial charge is 0.491 e. The van der Waals surface area contributed by atoms with Crippen LogP contribution < -0.4 is 24.8 Å². The van der Waals surface area contributed by atoms with Crippen LogP contribution in [-0.2, 0) is 23.9 Å². The number of rotatable bonds is 17. The molecule has 5 amide bonds. The van der Waals surface area contributed by atoms with Crippen molar-refractivity contribution in [2.75, 3.05) is 46.2 Å². The van der Waals surface area contributed by atoms with Gasteiger partial charge in [-0.15, -0.1) is 0 Å². The van der Waals surface area contributed by atoms with Gasteiger partial charge in [-0.3, -0.25) is 34.2 Å². The number of carbonyl (C=O) groups is 5. The molecule has 3 aromatic carbocycles. The number of halogens is 1. The van der Waals surface area contributed by atoms with Crippen LogP contribution in [0.5, 0.6) is 22.4 Å². The first kappa shape index (κ1) is 35.4. The molecular weight excluding hydrogens is 687 g/mol. The summed E-state index contributed by atoms with van der Waals surface area (Å²) in [4.78, 5) is 66.8. The second kappa shape index (κ2) is 16.5. The van der Waals surface area contributed by atoms with Gasteiger partial charge in [0.25, 0.3) is 22.9 Å². The molecule has 0 spiro atoms. The van der Waals surface area contributed by atoms with E-state index in [1.807, 2.05) is 0 Å². The Bertz CT molecular complexity index is 1940. The second-order valence-electron chi connectivity index (χ2n) is 11.4. The lowest BCUT2D eigenvalue weighted by atomic mass is 10.0. The Morgan fingerprint density at radius 3 is 2.39 bits per heavy atom. The lowest BCUT2D eigenvalue weighted by Gasteiger charge is -2.27. The molecule has 16 heteroatoms. The predicted molar refractivity (Wildman–Crippen MR) is 179 cm³/mol. The summed E-state index contributed by atoms with van der Waals surface area (Å²) >= 11 is 1.24. The Balaban J connectivity index is 0.786. The van der Waals surface area contributed by atoms with E-state index in [9.17, 15) is 28.4 Å². The van der Waals surface area contributed by atoms with Crippen molar-refractivity contribution in [2.45, 2.75) is 25.3 Å². The molecule has 266 valence electrons. The van der Waals surface area contributed by atoms with Crippen molar-refractivity contribution < 1.29 is 52.0 Å². The fraction of sp³-hybridized carbons (Fsp3) is 0.314. The number of carbonyl (C=O) groups excluding carboxylic acids is 5. The van der Waals surface area contributed by atoms with Crippen molar-refractivity contribution in [3.8, 4) is 22.4 Å². The van der Waals surface area contributed by atoms with Crippen LogP contribution in [0.4, 0.5) is 4.39 Å². The molecule has 1 fully saturated rings. The zero-order valence-electron chi connectivity index (χ0n) is 27.2. The van der Waals surface area contributed by atoms with E-state index in [0.717, 1.165) is 4.90 Å². The fourth-order valence-electron chi connectivity index (χ4n) is 5.31. The lowest BCUT2D eigenvalue weighted by molar-refractivity contribution is -0.136. The Morgan fingerprint density at radius 1 is 0.863 bits per heavy atom. The summed E-state index contributed by atoms with van der Waals surface area (Å²) in [5.74, 6) is -1.49. The van der Waals surface area contributed by atoms with E-state index in [4.69, 9.17) is 23.7 Å². The topological polar surface area (TPSA) is 172 Å². The van der Waals surface area contributed by atoms with Crippen LogP contribution in [0, 0.1) is 5.82 Å². The van der Waals surface area contributed by atoms with E-state index in [0.29, 0.717) is 65.4 Å². The minimum absolute atomic E-state index is 0.0497. The van der Waals surface area contributed by atoms with Crippen LogP contribution in [0.2, 0.25) is 0 Å². The van der Waals surface area contributed by atoms with Gasteiger partial charge in [-0.1, -0.05) is 11.3 Å². The fourth-order valence-corrected chi connectivity index (χ4v) is 6.17. The summed E-state index contributed by atoms with van der Waals surface area (Å²) in [7, 11) is 0. The van der Waals surface area contributed by atoms with Gasteiger partial charge in [-0.2, -0.15) is 0 Å². The van der Waals surface area contributed by atoms with Crippen LogP contribution in [0.1, 0.15) is 40.0 Å². The molecule has 1 atom stereocenters. The number of benzene rings is 3. The van der Waals surface area contributed by atoms with Crippen molar-refractivity contribution in [3.63, 3.8) is 0 Å². The van der Waals surface area contributed by atoms with E-state index in [-0.39, 0.29) is 55.5 Å². The van der Waals surface area contributed by atoms with Crippen LogP contribution in [-0.4, -0.2) is 91.6 Å². The Labute approximate surface area is 294 Å². The second-order valence-corrected chi connectivity index (χ2v) is 12.4. The van der Waals surface area contributed by atoms with Crippen molar-refractivity contribution in [1.82, 2.24) is 20.5 Å². The molecule has 0 bridgehead atoms. The van der Waals surface area contributed by atoms with E-state index >= 15 is 0 Å². The highest BCUT2D eigenvalue weighted by Crippen LogP contribution is 2.33. The molecule has 1 saturated heterocycles. The summed E-state index contributed by atoms with van der Waals surface area (Å²) in [6, 6.07) is 14.6. The highest BCUT2D eigenvalue weighted by molar-refractivity contribution is 7.20. The molecule has 0 saturated carbocycles. The molecule has 2 N–H and O–H groups in total. The number of hydrogen-bond acceptors (Lipinski definition) is 12. The van der Waals surface area contributed by atoms with Crippen molar-refractivity contribution >= 4 is 51.1 Å². The van der Waals surface area contributed by atoms with Crippen LogP contribution in [0.3, 0.4) is 0 Å². The van der Waals surface area contributed by atoms with Crippen LogP contribution in [0.15, 0.2) is 60.7 Å². The van der Waals surface area contributed by atoms with Gasteiger partial charge in [0.1, 0.15) is 35.7 Å². The normalized spacial score (nSPS) is 15.5. The average molecular weight is 721 g/mol. The van der Waals surface area contributed by atoms with Gasteiger partial charge in [-0.25, -0.2) is 9.37 Å². The number of fused-ring (bicyclic) bond motifs is 2. The SMILES string of the molecule is O=C(COc1ccc(Oc2nc3ccc(F)cc3s2)cc1)NCCCOCCOCCOc1ccc2c(c1)C(=O)N(C1CCC(=O)NC1=O)C2=O. The summed E-state index contributed by atoms with van der Waals surface area (Å²) in [5.41, 5.74) is 0.970. The third kappa shape index (κ3) is 9.02. The standard InChI is InChI=1S/C35H33FN4O10S/c36-21-2-9-27-29(18-21)51-35(38-27)50-23-5-3-22(4-6-23)49-20-31(42)37-12-1-13-46-14-15-47-16-17-48-24-7-8-25-26(19-24)34(45)40(33(25)44)28-10-11-30(41)39-32(28)43/h2-9,18-19,28H,1,10-17,20H2,(H,37,42)(H,39,41,43). The summed E-state index contributed by atoms with van der Waals surface area (Å²) < 4.78 is 42.1. The summed E-state index contributed by atoms with van der Waals surface area (Å²) in [5, 5.41) is 5.33. The Morgan fingerprint density at radius 2 is 1.59 bits per heavy atom. The molecule has 14 nitrogen and oxygen atoms in total. The van der Waals surface area contributed by atoms with Crippen LogP contribution in [0.25, 0.3) is 10.2 Å². The van der Waals surface area contributed by atoms with Gasteiger partial charge >= 0.3 is 0 Å². The van der Waals surface area contributed by atoms with Gasteiger partial charge in [-0.05, 0) is 73.5 Å². The maximum Gasteiger partial charge on any atom is 0.279 e. The van der Waals surface area contributed by atoms with Crippen molar-refractivity contribution in [2.24, 2.45) is 0 Å². The number of piperidine rings is 1. The highest BCUT2D eigenvalue weighted by atomic mass is 32.1. The summed E-state index contributed by atoms with van der Waals surface area (Å²) in [6.45, 7) is 1.80. The maximum absolute atomic E-state index is 13.4. The number of nitrogens with one attached hydrogen (secondary N) is 2. The summed E-state index contributed by atoms with van der Waals surface area (Å²) in [6.07, 6.45) is 0.732. The van der Waals surface area contributed by atoms with Gasteiger partial charge in [0.15, 0.2) is 6.61 Å².